The van der Waals surface area contributed by atoms with Crippen LogP contribution in [0.25, 0.3) is 17.2 Å². The highest BCUT2D eigenvalue weighted by Gasteiger charge is 2.10. The first-order valence-electron chi connectivity index (χ1n) is 8.92. The number of hydrogen-bond donors (Lipinski definition) is 1. The number of nitrogens with zero attached hydrogens (tertiary/aromatic N) is 4. The molecule has 28 heavy (non-hydrogen) atoms. The van der Waals surface area contributed by atoms with Crippen molar-refractivity contribution < 1.29 is 9.53 Å². The highest BCUT2D eigenvalue weighted by atomic mass is 16.5. The Morgan fingerprint density at radius 2 is 1.89 bits per heavy atom. The van der Waals surface area contributed by atoms with Gasteiger partial charge in [-0.05, 0) is 36.2 Å². The minimum Gasteiger partial charge on any atom is -0.496 e. The Hall–Kier alpha value is -3.74. The van der Waals surface area contributed by atoms with Crippen molar-refractivity contribution in [3.05, 3.63) is 78.1 Å². The van der Waals surface area contributed by atoms with Crippen molar-refractivity contribution in [1.82, 2.24) is 24.9 Å². The molecule has 7 nitrogen and oxygen atoms in total. The van der Waals surface area contributed by atoms with E-state index in [1.54, 1.807) is 25.4 Å². The maximum absolute atomic E-state index is 12.4. The first-order valence-corrected chi connectivity index (χ1v) is 8.92. The Morgan fingerprint density at radius 1 is 1.07 bits per heavy atom. The number of methoxy groups -OCH3 is 1. The number of carbonyl (C=O) groups excluding carboxylic acids is 1. The fourth-order valence-corrected chi connectivity index (χ4v) is 3.03. The van der Waals surface area contributed by atoms with Gasteiger partial charge >= 0.3 is 0 Å². The monoisotopic (exact) mass is 373 g/mol. The molecule has 0 aliphatic heterocycles. The fraction of sp³-hybridized carbons (Fsp3) is 0.143. The van der Waals surface area contributed by atoms with Crippen molar-refractivity contribution >= 4 is 11.7 Å². The quantitative estimate of drug-likeness (QED) is 0.562. The summed E-state index contributed by atoms with van der Waals surface area (Å²) in [4.78, 5) is 16.6. The van der Waals surface area contributed by atoms with E-state index >= 15 is 0 Å². The first-order chi connectivity index (χ1) is 13.8. The molecule has 2 aromatic carbocycles. The average Bonchev–Trinajstić information content (AvgIpc) is 3.18. The predicted octanol–water partition coefficient (Wildman–Crippen LogP) is 2.77. The second-order valence-corrected chi connectivity index (χ2v) is 6.21. The number of benzene rings is 2. The third-order valence-electron chi connectivity index (χ3n) is 4.47. The zero-order chi connectivity index (χ0) is 19.3. The summed E-state index contributed by atoms with van der Waals surface area (Å²) in [7, 11) is 1.65. The van der Waals surface area contributed by atoms with Crippen LogP contribution < -0.4 is 10.1 Å². The van der Waals surface area contributed by atoms with Crippen molar-refractivity contribution in [2.75, 3.05) is 13.7 Å². The van der Waals surface area contributed by atoms with E-state index in [1.165, 1.54) is 0 Å². The summed E-state index contributed by atoms with van der Waals surface area (Å²) in [6.07, 6.45) is 4.23. The summed E-state index contributed by atoms with van der Waals surface area (Å²) < 4.78 is 7.14. The topological polar surface area (TPSA) is 81.4 Å². The zero-order valence-electron chi connectivity index (χ0n) is 15.4. The molecule has 7 heteroatoms. The lowest BCUT2D eigenvalue weighted by molar-refractivity contribution is 0.0954. The SMILES string of the molecule is COc1ccccc1CCNC(=O)c1ccc(-c2nnc3ncccn23)cc1. The molecule has 0 saturated heterocycles. The van der Waals surface area contributed by atoms with Crippen molar-refractivity contribution in [3.8, 4) is 17.1 Å². The van der Waals surface area contributed by atoms with Crippen LogP contribution in [0.2, 0.25) is 0 Å². The predicted molar refractivity (Wildman–Crippen MR) is 105 cm³/mol. The van der Waals surface area contributed by atoms with E-state index in [0.29, 0.717) is 30.1 Å². The van der Waals surface area contributed by atoms with E-state index in [9.17, 15) is 4.79 Å². The molecule has 0 bridgehead atoms. The van der Waals surface area contributed by atoms with Crippen LogP contribution in [0.3, 0.4) is 0 Å². The Kier molecular flexibility index (Phi) is 4.97. The van der Waals surface area contributed by atoms with Gasteiger partial charge < -0.3 is 10.1 Å². The Labute approximate surface area is 162 Å². The number of aromatic nitrogens is 4. The van der Waals surface area contributed by atoms with Crippen LogP contribution in [-0.2, 0) is 6.42 Å². The van der Waals surface area contributed by atoms with Crippen molar-refractivity contribution in [3.63, 3.8) is 0 Å². The molecule has 0 aliphatic rings. The second kappa shape index (κ2) is 7.87. The third kappa shape index (κ3) is 3.55. The lowest BCUT2D eigenvalue weighted by Crippen LogP contribution is -2.25. The fourth-order valence-electron chi connectivity index (χ4n) is 3.03. The number of fused-ring (bicyclic) bond motifs is 1. The van der Waals surface area contributed by atoms with Crippen LogP contribution in [0.15, 0.2) is 67.0 Å². The molecule has 2 aromatic heterocycles. The molecule has 4 aromatic rings. The highest BCUT2D eigenvalue weighted by Crippen LogP contribution is 2.19. The molecule has 0 fully saturated rings. The Morgan fingerprint density at radius 3 is 2.71 bits per heavy atom. The smallest absolute Gasteiger partial charge is 0.255 e. The molecule has 0 saturated carbocycles. The van der Waals surface area contributed by atoms with E-state index in [1.807, 2.05) is 53.1 Å². The largest absolute Gasteiger partial charge is 0.496 e. The van der Waals surface area contributed by atoms with E-state index in [0.717, 1.165) is 16.9 Å². The molecule has 1 amide bonds. The minimum absolute atomic E-state index is 0.116. The summed E-state index contributed by atoms with van der Waals surface area (Å²) in [6.45, 7) is 0.529. The third-order valence-corrected chi connectivity index (χ3v) is 4.47. The number of para-hydroxylation sites is 1. The molecule has 0 aliphatic carbocycles. The van der Waals surface area contributed by atoms with Gasteiger partial charge in [0.05, 0.1) is 7.11 Å². The molecule has 0 spiro atoms. The van der Waals surface area contributed by atoms with Crippen molar-refractivity contribution in [2.45, 2.75) is 6.42 Å². The molecule has 140 valence electrons. The molecular formula is C21H19N5O2. The number of amides is 1. The molecule has 0 radical (unpaired) electrons. The van der Waals surface area contributed by atoms with E-state index in [-0.39, 0.29) is 5.91 Å². The Balaban J connectivity index is 1.41. The standard InChI is InChI=1S/C21H19N5O2/c1-28-18-6-3-2-5-15(18)11-13-22-20(27)17-9-7-16(8-10-17)19-24-25-21-23-12-4-14-26(19)21/h2-10,12,14H,11,13H2,1H3,(H,22,27). The number of hydrogen-bond acceptors (Lipinski definition) is 5. The van der Waals surface area contributed by atoms with Gasteiger partial charge in [0.15, 0.2) is 5.82 Å². The molecular weight excluding hydrogens is 354 g/mol. The van der Waals surface area contributed by atoms with Crippen LogP contribution in [0.4, 0.5) is 0 Å². The van der Waals surface area contributed by atoms with Gasteiger partial charge in [0.1, 0.15) is 5.75 Å². The van der Waals surface area contributed by atoms with Crippen molar-refractivity contribution in [2.24, 2.45) is 0 Å². The van der Waals surface area contributed by atoms with E-state index in [2.05, 4.69) is 20.5 Å². The van der Waals surface area contributed by atoms with Gasteiger partial charge in [0, 0.05) is 30.1 Å². The van der Waals surface area contributed by atoms with Gasteiger partial charge in [-0.3, -0.25) is 9.20 Å². The van der Waals surface area contributed by atoms with Gasteiger partial charge in [0.2, 0.25) is 0 Å². The van der Waals surface area contributed by atoms with Crippen LogP contribution in [0, 0.1) is 0 Å². The van der Waals surface area contributed by atoms with Crippen molar-refractivity contribution in [1.29, 1.82) is 0 Å². The number of ether oxygens (including phenoxy) is 1. The summed E-state index contributed by atoms with van der Waals surface area (Å²) in [6, 6.07) is 16.9. The Bertz CT molecular complexity index is 1110. The van der Waals surface area contributed by atoms with Crippen LogP contribution in [0.1, 0.15) is 15.9 Å². The summed E-state index contributed by atoms with van der Waals surface area (Å²) in [5, 5.41) is 11.2. The minimum atomic E-state index is -0.116. The number of carbonyl (C=O) groups is 1. The molecule has 0 unspecified atom stereocenters. The van der Waals surface area contributed by atoms with Gasteiger partial charge in [0.25, 0.3) is 11.7 Å². The number of rotatable bonds is 6. The molecule has 1 N–H and O–H groups in total. The van der Waals surface area contributed by atoms with E-state index in [4.69, 9.17) is 4.74 Å². The summed E-state index contributed by atoms with van der Waals surface area (Å²) in [5.74, 6) is 1.94. The van der Waals surface area contributed by atoms with Crippen LogP contribution in [0.5, 0.6) is 5.75 Å². The lowest BCUT2D eigenvalue weighted by Gasteiger charge is -2.09. The van der Waals surface area contributed by atoms with Gasteiger partial charge in [-0.15, -0.1) is 10.2 Å². The molecule has 2 heterocycles. The maximum Gasteiger partial charge on any atom is 0.255 e. The number of nitrogens with one attached hydrogen (secondary N) is 1. The average molecular weight is 373 g/mol. The summed E-state index contributed by atoms with van der Waals surface area (Å²) in [5.41, 5.74) is 2.52. The van der Waals surface area contributed by atoms with E-state index < -0.39 is 0 Å². The normalized spacial score (nSPS) is 10.8. The summed E-state index contributed by atoms with van der Waals surface area (Å²) >= 11 is 0. The van der Waals surface area contributed by atoms with Gasteiger partial charge in [-0.2, -0.15) is 0 Å². The first kappa shape index (κ1) is 17.7. The maximum atomic E-state index is 12.4. The molecule has 4 rings (SSSR count). The molecule has 0 atom stereocenters. The zero-order valence-corrected chi connectivity index (χ0v) is 15.4. The van der Waals surface area contributed by atoms with Crippen LogP contribution in [-0.4, -0.2) is 39.1 Å². The second-order valence-electron chi connectivity index (χ2n) is 6.21. The lowest BCUT2D eigenvalue weighted by atomic mass is 10.1. The van der Waals surface area contributed by atoms with Gasteiger partial charge in [-0.25, -0.2) is 4.98 Å². The highest BCUT2D eigenvalue weighted by molar-refractivity contribution is 5.94. The van der Waals surface area contributed by atoms with Crippen LogP contribution >= 0.6 is 0 Å². The van der Waals surface area contributed by atoms with Gasteiger partial charge in [-0.1, -0.05) is 30.3 Å².